The topological polar surface area (TPSA) is 47.3 Å². The molecule has 0 spiro atoms. The molecule has 0 radical (unpaired) electrons. The van der Waals surface area contributed by atoms with Crippen molar-refractivity contribution < 1.29 is 14.0 Å². The Morgan fingerprint density at radius 3 is 2.34 bits per heavy atom. The number of fused-ring (bicyclic) bond motifs is 3. The third kappa shape index (κ3) is 3.09. The average Bonchev–Trinajstić information content (AvgIpc) is 3.43. The van der Waals surface area contributed by atoms with Crippen LogP contribution in [-0.4, -0.2) is 16.8 Å². The number of hydrogen-bond acceptors (Lipinski definition) is 7. The number of Topliss-reactive ketones (excluding diaryl/α,β-unsaturated/α-hetero) is 2. The van der Waals surface area contributed by atoms with Gasteiger partial charge in [-0.1, -0.05) is 47.8 Å². The molecule has 2 aromatic rings. The maximum Gasteiger partial charge on any atom is 0.168 e. The first-order valence-corrected chi connectivity index (χ1v) is 12.9. The molecule has 7 heteroatoms. The predicted molar refractivity (Wildman–Crippen MR) is 122 cm³/mol. The highest BCUT2D eigenvalue weighted by atomic mass is 32.3. The number of allylic oxidation sites excluding steroid dienone is 1. The van der Waals surface area contributed by atoms with Crippen LogP contribution in [0.5, 0.6) is 0 Å². The van der Waals surface area contributed by atoms with Crippen molar-refractivity contribution in [3.8, 4) is 0 Å². The van der Waals surface area contributed by atoms with E-state index < -0.39 is 0 Å². The summed E-state index contributed by atoms with van der Waals surface area (Å²) in [7, 11) is 0. The quantitative estimate of drug-likeness (QED) is 0.371. The molecule has 3 heterocycles. The number of furan rings is 1. The molecule has 1 fully saturated rings. The third-order valence-corrected chi connectivity index (χ3v) is 12.0. The summed E-state index contributed by atoms with van der Waals surface area (Å²) in [5.74, 6) is 0.515. The second kappa shape index (κ2) is 7.15. The number of carbonyl (C=O) groups is 2. The number of carbonyl (C=O) groups excluding carboxylic acids is 2. The Balaban J connectivity index is 1.24. The SMILES string of the molecule is O=C1CC(c2ccco2)CC(=O)C1=C1SC2=C(S1)S[C@@H]1c3ccccc3C[C@@H]1S2. The van der Waals surface area contributed by atoms with Crippen LogP contribution >= 0.6 is 47.0 Å². The lowest BCUT2D eigenvalue weighted by Crippen LogP contribution is -2.25. The lowest BCUT2D eigenvalue weighted by molar-refractivity contribution is -0.124. The maximum absolute atomic E-state index is 12.9. The Morgan fingerprint density at radius 1 is 0.828 bits per heavy atom. The van der Waals surface area contributed by atoms with Gasteiger partial charge in [0, 0.05) is 29.3 Å². The van der Waals surface area contributed by atoms with Gasteiger partial charge >= 0.3 is 0 Å². The van der Waals surface area contributed by atoms with Gasteiger partial charge in [-0.2, -0.15) is 0 Å². The largest absolute Gasteiger partial charge is 0.469 e. The summed E-state index contributed by atoms with van der Waals surface area (Å²) in [6.45, 7) is 0. The molecule has 0 saturated heterocycles. The summed E-state index contributed by atoms with van der Waals surface area (Å²) in [4.78, 5) is 25.8. The third-order valence-electron chi connectivity index (χ3n) is 5.72. The van der Waals surface area contributed by atoms with E-state index in [0.717, 1.165) is 16.4 Å². The first kappa shape index (κ1) is 18.5. The van der Waals surface area contributed by atoms with Gasteiger partial charge in [0.15, 0.2) is 11.6 Å². The van der Waals surface area contributed by atoms with Crippen LogP contribution in [0.4, 0.5) is 0 Å². The van der Waals surface area contributed by atoms with Gasteiger partial charge in [0.05, 0.1) is 24.5 Å². The minimum atomic E-state index is -0.132. The Morgan fingerprint density at radius 2 is 1.59 bits per heavy atom. The van der Waals surface area contributed by atoms with E-state index in [1.54, 1.807) is 29.8 Å². The molecule has 29 heavy (non-hydrogen) atoms. The van der Waals surface area contributed by atoms with Crippen molar-refractivity contribution >= 4 is 58.6 Å². The molecule has 2 aliphatic carbocycles. The minimum absolute atomic E-state index is 0.0435. The number of benzene rings is 1. The molecule has 1 aromatic heterocycles. The standard InChI is InChI=1S/C22H16O3S4/c23-14-8-12(16-6-3-7-25-16)9-15(24)18(14)20-28-21-22(29-20)27-19-13-5-2-1-4-11(13)10-17(19)26-21/h1-7,12,17,19H,8-10H2/t12?,17-,19+/m0/s1. The number of hydrogen-bond donors (Lipinski definition) is 0. The lowest BCUT2D eigenvalue weighted by Gasteiger charge is -2.25. The average molecular weight is 457 g/mol. The van der Waals surface area contributed by atoms with E-state index >= 15 is 0 Å². The zero-order chi connectivity index (χ0) is 19.5. The van der Waals surface area contributed by atoms with Crippen molar-refractivity contribution in [3.05, 3.63) is 77.8 Å². The Hall–Kier alpha value is -1.28. The molecule has 4 aliphatic rings. The monoisotopic (exact) mass is 456 g/mol. The van der Waals surface area contributed by atoms with Crippen molar-refractivity contribution in [1.82, 2.24) is 0 Å². The molecule has 0 N–H and O–H groups in total. The van der Waals surface area contributed by atoms with E-state index in [0.29, 0.717) is 28.9 Å². The fourth-order valence-electron chi connectivity index (χ4n) is 4.37. The molecule has 2 aliphatic heterocycles. The van der Waals surface area contributed by atoms with Crippen LogP contribution in [0.3, 0.4) is 0 Å². The van der Waals surface area contributed by atoms with E-state index in [-0.39, 0.29) is 17.5 Å². The van der Waals surface area contributed by atoms with Crippen LogP contribution in [0.25, 0.3) is 0 Å². The van der Waals surface area contributed by atoms with Crippen LogP contribution in [0.1, 0.15) is 40.9 Å². The molecular formula is C22H16O3S4. The second-order valence-electron chi connectivity index (χ2n) is 7.51. The van der Waals surface area contributed by atoms with Crippen LogP contribution in [0.15, 0.2) is 65.4 Å². The number of rotatable bonds is 1. The Bertz CT molecular complexity index is 1080. The van der Waals surface area contributed by atoms with Gasteiger partial charge in [0.2, 0.25) is 0 Å². The van der Waals surface area contributed by atoms with E-state index in [9.17, 15) is 9.59 Å². The van der Waals surface area contributed by atoms with Crippen molar-refractivity contribution in [2.24, 2.45) is 0 Å². The van der Waals surface area contributed by atoms with Crippen LogP contribution in [0.2, 0.25) is 0 Å². The molecule has 0 amide bonds. The smallest absolute Gasteiger partial charge is 0.168 e. The molecule has 6 rings (SSSR count). The summed E-state index contributed by atoms with van der Waals surface area (Å²) in [6, 6.07) is 12.4. The first-order valence-electron chi connectivity index (χ1n) is 9.52. The van der Waals surface area contributed by atoms with Gasteiger partial charge in [0.25, 0.3) is 0 Å². The highest BCUT2D eigenvalue weighted by Gasteiger charge is 2.44. The molecule has 2 atom stereocenters. The van der Waals surface area contributed by atoms with Crippen molar-refractivity contribution in [1.29, 1.82) is 0 Å². The zero-order valence-corrected chi connectivity index (χ0v) is 18.5. The summed E-state index contributed by atoms with van der Waals surface area (Å²) in [5, 5.41) is 1.00. The van der Waals surface area contributed by atoms with Crippen LogP contribution in [-0.2, 0) is 16.0 Å². The van der Waals surface area contributed by atoms with Gasteiger partial charge in [0.1, 0.15) is 5.76 Å². The summed E-state index contributed by atoms with van der Waals surface area (Å²) in [6.07, 6.45) is 3.39. The number of ketones is 2. The van der Waals surface area contributed by atoms with Gasteiger partial charge < -0.3 is 4.42 Å². The van der Waals surface area contributed by atoms with E-state index in [1.807, 2.05) is 35.7 Å². The maximum atomic E-state index is 12.9. The van der Waals surface area contributed by atoms with Crippen molar-refractivity contribution in [2.45, 2.75) is 35.7 Å². The first-order chi connectivity index (χ1) is 14.2. The van der Waals surface area contributed by atoms with E-state index in [2.05, 4.69) is 24.3 Å². The molecule has 146 valence electrons. The molecule has 0 unspecified atom stereocenters. The molecule has 3 nitrogen and oxygen atoms in total. The second-order valence-corrected chi connectivity index (χ2v) is 12.7. The summed E-state index contributed by atoms with van der Waals surface area (Å²) >= 11 is 7.10. The molecule has 1 aromatic carbocycles. The van der Waals surface area contributed by atoms with Crippen LogP contribution < -0.4 is 0 Å². The van der Waals surface area contributed by atoms with Crippen molar-refractivity contribution in [3.63, 3.8) is 0 Å². The van der Waals surface area contributed by atoms with Crippen LogP contribution in [0, 0.1) is 0 Å². The van der Waals surface area contributed by atoms with Gasteiger partial charge in [-0.15, -0.1) is 23.5 Å². The van der Waals surface area contributed by atoms with Gasteiger partial charge in [-0.25, -0.2) is 0 Å². The van der Waals surface area contributed by atoms with Gasteiger partial charge in [-0.05, 0) is 29.7 Å². The fraction of sp³-hybridized carbons (Fsp3) is 0.273. The fourth-order valence-corrected chi connectivity index (χ4v) is 11.3. The highest BCUT2D eigenvalue weighted by Crippen LogP contribution is 2.68. The minimum Gasteiger partial charge on any atom is -0.469 e. The zero-order valence-electron chi connectivity index (χ0n) is 15.3. The van der Waals surface area contributed by atoms with Crippen molar-refractivity contribution in [2.75, 3.05) is 0 Å². The normalized spacial score (nSPS) is 28.6. The molecule has 1 saturated carbocycles. The number of thioether (sulfide) groups is 4. The van der Waals surface area contributed by atoms with E-state index in [4.69, 9.17) is 4.42 Å². The molecular weight excluding hydrogens is 441 g/mol. The highest BCUT2D eigenvalue weighted by molar-refractivity contribution is 8.41. The lowest BCUT2D eigenvalue weighted by atomic mass is 9.83. The molecule has 0 bridgehead atoms. The predicted octanol–water partition coefficient (Wildman–Crippen LogP) is 6.26. The van der Waals surface area contributed by atoms with E-state index in [1.165, 1.54) is 19.6 Å². The Labute approximate surface area is 185 Å². The summed E-state index contributed by atoms with van der Waals surface area (Å²) in [5.41, 5.74) is 3.32. The van der Waals surface area contributed by atoms with Gasteiger partial charge in [-0.3, -0.25) is 9.59 Å². The Kier molecular flexibility index (Phi) is 4.56. The summed E-state index contributed by atoms with van der Waals surface area (Å²) < 4.78 is 8.85.